The zero-order valence-corrected chi connectivity index (χ0v) is 21.3. The van der Waals surface area contributed by atoms with Crippen LogP contribution in [0.3, 0.4) is 0 Å². The van der Waals surface area contributed by atoms with Crippen molar-refractivity contribution in [3.05, 3.63) is 43.5 Å². The molecule has 10 atom stereocenters. The van der Waals surface area contributed by atoms with E-state index in [4.69, 9.17) is 50.5 Å². The Morgan fingerprint density at radius 1 is 1.10 bits per heavy atom. The molecular formula is C15H25N5O18P2. The number of nitrogens with zero attached hydrogens (tertiary/aromatic N) is 4. The lowest BCUT2D eigenvalue weighted by molar-refractivity contribution is -0.143. The lowest BCUT2D eigenvalue weighted by atomic mass is 10.0. The number of hydrogen-bond acceptors (Lipinski definition) is 16. The highest BCUT2D eigenvalue weighted by atomic mass is 31.3. The second-order valence-electron chi connectivity index (χ2n) is 7.62. The van der Waals surface area contributed by atoms with E-state index in [0.717, 1.165) is 16.8 Å². The van der Waals surface area contributed by atoms with E-state index in [0.29, 0.717) is 0 Å². The highest BCUT2D eigenvalue weighted by Crippen LogP contribution is 2.57. The van der Waals surface area contributed by atoms with Crippen molar-refractivity contribution in [2.45, 2.75) is 55.2 Å². The minimum atomic E-state index is -5.32. The van der Waals surface area contributed by atoms with Crippen molar-refractivity contribution in [1.82, 2.24) is 9.55 Å². The second-order valence-corrected chi connectivity index (χ2v) is 10.4. The van der Waals surface area contributed by atoms with Crippen molar-refractivity contribution < 1.29 is 77.9 Å². The lowest BCUT2D eigenvalue weighted by Crippen LogP contribution is -2.48. The number of carbonyl (C=O) groups is 1. The predicted molar refractivity (Wildman–Crippen MR) is 121 cm³/mol. The van der Waals surface area contributed by atoms with Crippen LogP contribution in [0.4, 0.5) is 0 Å². The van der Waals surface area contributed by atoms with Crippen molar-refractivity contribution in [2.24, 2.45) is 5.11 Å². The quantitative estimate of drug-likeness (QED) is 0.0339. The molecule has 0 amide bonds. The highest BCUT2D eigenvalue weighted by molar-refractivity contribution is 7.60. The molecule has 0 spiro atoms. The average molecular weight is 625 g/mol. The summed E-state index contributed by atoms with van der Waals surface area (Å²) in [5.74, 6) is 0. The van der Waals surface area contributed by atoms with Gasteiger partial charge < -0.3 is 60.0 Å². The molecule has 6 unspecified atom stereocenters. The second kappa shape index (κ2) is 15.0. The molecule has 40 heavy (non-hydrogen) atoms. The maximum atomic E-state index is 11.7. The van der Waals surface area contributed by atoms with Crippen molar-refractivity contribution in [1.29, 1.82) is 0 Å². The molecule has 23 nitrogen and oxygen atoms in total. The van der Waals surface area contributed by atoms with Crippen LogP contribution >= 0.6 is 15.6 Å². The lowest BCUT2D eigenvalue weighted by Gasteiger charge is -2.25. The number of phosphoric ester groups is 1. The molecule has 228 valence electrons. The van der Waals surface area contributed by atoms with Gasteiger partial charge in [0.25, 0.3) is 5.56 Å². The molecule has 0 bridgehead atoms. The smallest absolute Gasteiger partial charge is 0.387 e. The normalized spacial score (nSPS) is 26.1. The number of ether oxygens (including phenoxy) is 1. The number of phosphoric acid groups is 2. The summed E-state index contributed by atoms with van der Waals surface area (Å²) in [5, 5.41) is 67.3. The molecular weight excluding hydrogens is 600 g/mol. The molecule has 0 radical (unpaired) electrons. The minimum Gasteiger partial charge on any atom is -0.387 e. The molecule has 0 saturated carbocycles. The summed E-state index contributed by atoms with van der Waals surface area (Å²) in [7, 11) is -10.5. The number of aliphatic hydroxyl groups excluding tert-OH is 7. The summed E-state index contributed by atoms with van der Waals surface area (Å²) in [6.45, 7) is -0.902. The van der Waals surface area contributed by atoms with E-state index in [1.807, 2.05) is 4.98 Å². The fourth-order valence-corrected chi connectivity index (χ4v) is 4.43. The fraction of sp³-hybridized carbons (Fsp3) is 0.667. The van der Waals surface area contributed by atoms with Crippen molar-refractivity contribution in [3.8, 4) is 0 Å². The Balaban J connectivity index is 0.000000459. The van der Waals surface area contributed by atoms with Crippen LogP contribution in [-0.2, 0) is 27.5 Å². The van der Waals surface area contributed by atoms with Crippen molar-refractivity contribution >= 4 is 21.9 Å². The first kappa shape index (κ1) is 35.6. The summed E-state index contributed by atoms with van der Waals surface area (Å²) < 4.78 is 35.6. The Morgan fingerprint density at radius 2 is 1.70 bits per heavy atom. The maximum absolute atomic E-state index is 11.7. The first-order chi connectivity index (χ1) is 18.3. The van der Waals surface area contributed by atoms with Gasteiger partial charge in [0.1, 0.15) is 42.7 Å². The number of H-pyrrole nitrogens is 1. The van der Waals surface area contributed by atoms with E-state index in [9.17, 15) is 33.7 Å². The Kier molecular flexibility index (Phi) is 13.4. The van der Waals surface area contributed by atoms with Crippen LogP contribution in [0.25, 0.3) is 10.4 Å². The molecule has 25 heteroatoms. The third-order valence-corrected chi connectivity index (χ3v) is 6.89. The van der Waals surface area contributed by atoms with Crippen LogP contribution in [0.5, 0.6) is 0 Å². The maximum Gasteiger partial charge on any atom is 0.481 e. The van der Waals surface area contributed by atoms with Gasteiger partial charge >= 0.3 is 21.3 Å². The largest absolute Gasteiger partial charge is 0.481 e. The minimum absolute atomic E-state index is 0.0550. The van der Waals surface area contributed by atoms with E-state index in [1.54, 1.807) is 0 Å². The van der Waals surface area contributed by atoms with E-state index in [2.05, 4.69) is 18.9 Å². The average Bonchev–Trinajstić information content (AvgIpc) is 3.13. The first-order valence-corrected chi connectivity index (χ1v) is 13.3. The summed E-state index contributed by atoms with van der Waals surface area (Å²) >= 11 is 0. The monoisotopic (exact) mass is 625 g/mol. The topological polar surface area (TPSA) is 385 Å². The molecule has 2 rings (SSSR count). The van der Waals surface area contributed by atoms with Crippen LogP contribution in [0.1, 0.15) is 6.23 Å². The van der Waals surface area contributed by atoms with Gasteiger partial charge in [0, 0.05) is 17.2 Å². The third kappa shape index (κ3) is 10.5. The number of carbonyl (C=O) groups excluding carboxylic acids is 1. The van der Waals surface area contributed by atoms with Crippen LogP contribution in [0.15, 0.2) is 27.0 Å². The van der Waals surface area contributed by atoms with Gasteiger partial charge in [-0.05, 0) is 5.53 Å². The number of nitrogens with one attached hydrogen (secondary N) is 1. The molecule has 1 aliphatic rings. The SMILES string of the molecule is O=c1ccn([C@@H]2O[C@H](COP(=O)(O)OP(=O)(O)O)[C@@H](O)[C@H]2O)c(=O)[nH]1.[N-]=[N+]=NC(O)C(O)C(O)C(O)C(O)C=O. The Hall–Kier alpha value is -2.40. The third-order valence-electron chi connectivity index (χ3n) is 4.74. The van der Waals surface area contributed by atoms with Crippen LogP contribution in [0.2, 0.25) is 0 Å². The number of azide groups is 1. The molecule has 0 aliphatic carbocycles. The van der Waals surface area contributed by atoms with Gasteiger partial charge in [-0.3, -0.25) is 18.9 Å². The fourth-order valence-electron chi connectivity index (χ4n) is 2.83. The van der Waals surface area contributed by atoms with Gasteiger partial charge in [0.05, 0.1) is 6.61 Å². The number of aromatic nitrogens is 2. The summed E-state index contributed by atoms with van der Waals surface area (Å²) in [6.07, 6.45) is -15.2. The van der Waals surface area contributed by atoms with Gasteiger partial charge in [-0.25, -0.2) is 13.9 Å². The number of hydrogen-bond donors (Lipinski definition) is 11. The van der Waals surface area contributed by atoms with Crippen molar-refractivity contribution in [2.75, 3.05) is 6.61 Å². The highest BCUT2D eigenvalue weighted by Gasteiger charge is 2.45. The first-order valence-electron chi connectivity index (χ1n) is 10.3. The predicted octanol–water partition coefficient (Wildman–Crippen LogP) is -5.36. The molecule has 1 fully saturated rings. The van der Waals surface area contributed by atoms with E-state index in [1.165, 1.54) is 0 Å². The number of aldehydes is 1. The molecule has 11 N–H and O–H groups in total. The molecule has 1 aliphatic heterocycles. The summed E-state index contributed by atoms with van der Waals surface area (Å²) in [4.78, 5) is 62.9. The standard InChI is InChI=1S/C9H14N2O12P2.C6H11N3O6/c12-5-1-2-11(9(15)10-5)8-7(14)6(13)4(22-8)3-21-25(19,20)23-24(16,17)18;7-9-8-6(15)5(14)4(13)3(12)2(11)1-10/h1-2,4,6-8,13-14H,3H2,(H,19,20)(H,10,12,15)(H2,16,17,18);1-6,11-15H/t4-,6-,7-,8-;/m1./s1. The van der Waals surface area contributed by atoms with Crippen molar-refractivity contribution in [3.63, 3.8) is 0 Å². The number of aromatic amines is 1. The molecule has 1 aromatic heterocycles. The van der Waals surface area contributed by atoms with Crippen LogP contribution in [-0.4, -0.2) is 122 Å². The Morgan fingerprint density at radius 3 is 2.20 bits per heavy atom. The summed E-state index contributed by atoms with van der Waals surface area (Å²) in [5.41, 5.74) is 6.25. The van der Waals surface area contributed by atoms with Gasteiger partial charge in [-0.2, -0.15) is 4.31 Å². The Bertz CT molecular complexity index is 1250. The summed E-state index contributed by atoms with van der Waals surface area (Å²) in [6, 6.07) is 0.962. The van der Waals surface area contributed by atoms with E-state index < -0.39 is 88.7 Å². The van der Waals surface area contributed by atoms with Gasteiger partial charge in [0.2, 0.25) is 0 Å². The van der Waals surface area contributed by atoms with Crippen LogP contribution < -0.4 is 11.2 Å². The van der Waals surface area contributed by atoms with Gasteiger partial charge in [-0.15, -0.1) is 0 Å². The Labute approximate surface area is 220 Å². The zero-order chi connectivity index (χ0) is 31.0. The number of aliphatic hydroxyl groups is 7. The number of rotatable bonds is 12. The van der Waals surface area contributed by atoms with Gasteiger partial charge in [0.15, 0.2) is 18.7 Å². The molecule has 0 aromatic carbocycles. The zero-order valence-electron chi connectivity index (χ0n) is 19.6. The molecule has 1 aromatic rings. The van der Waals surface area contributed by atoms with E-state index >= 15 is 0 Å². The van der Waals surface area contributed by atoms with Gasteiger partial charge in [-0.1, -0.05) is 5.11 Å². The molecule has 2 heterocycles. The van der Waals surface area contributed by atoms with E-state index in [-0.39, 0.29) is 6.29 Å². The van der Waals surface area contributed by atoms with Crippen LogP contribution in [0, 0.1) is 0 Å². The molecule has 1 saturated heterocycles.